The van der Waals surface area contributed by atoms with Crippen molar-refractivity contribution in [1.29, 1.82) is 0 Å². The SMILES string of the molecule is CCN(Cc1cccc(C)n1)C(=O)NC(=O)C(C)Cl. The monoisotopic (exact) mass is 283 g/mol. The van der Waals surface area contributed by atoms with Crippen molar-refractivity contribution >= 4 is 23.5 Å². The highest BCUT2D eigenvalue weighted by molar-refractivity contribution is 6.31. The number of rotatable bonds is 4. The van der Waals surface area contributed by atoms with Crippen molar-refractivity contribution in [3.63, 3.8) is 0 Å². The van der Waals surface area contributed by atoms with Gasteiger partial charge in [0.25, 0.3) is 0 Å². The van der Waals surface area contributed by atoms with Crippen LogP contribution in [-0.4, -0.2) is 33.7 Å². The van der Waals surface area contributed by atoms with Gasteiger partial charge in [-0.3, -0.25) is 15.1 Å². The highest BCUT2D eigenvalue weighted by Crippen LogP contribution is 2.04. The summed E-state index contributed by atoms with van der Waals surface area (Å²) in [6.07, 6.45) is 0. The van der Waals surface area contributed by atoms with Crippen LogP contribution >= 0.6 is 11.6 Å². The average molecular weight is 284 g/mol. The third kappa shape index (κ3) is 4.87. The van der Waals surface area contributed by atoms with E-state index in [4.69, 9.17) is 11.6 Å². The van der Waals surface area contributed by atoms with Gasteiger partial charge in [-0.25, -0.2) is 4.79 Å². The van der Waals surface area contributed by atoms with Gasteiger partial charge in [0, 0.05) is 12.2 Å². The van der Waals surface area contributed by atoms with Crippen LogP contribution in [0.5, 0.6) is 0 Å². The highest BCUT2D eigenvalue weighted by Gasteiger charge is 2.18. The Kier molecular flexibility index (Phi) is 5.76. The van der Waals surface area contributed by atoms with Crippen molar-refractivity contribution in [3.8, 4) is 0 Å². The van der Waals surface area contributed by atoms with Crippen molar-refractivity contribution < 1.29 is 9.59 Å². The molecule has 1 aromatic rings. The van der Waals surface area contributed by atoms with Crippen molar-refractivity contribution in [2.24, 2.45) is 0 Å². The lowest BCUT2D eigenvalue weighted by Gasteiger charge is -2.21. The molecule has 0 aliphatic heterocycles. The molecule has 1 rings (SSSR count). The Labute approximate surface area is 118 Å². The summed E-state index contributed by atoms with van der Waals surface area (Å²) in [6.45, 7) is 6.07. The number of nitrogens with zero attached hydrogens (tertiary/aromatic N) is 2. The second-order valence-electron chi connectivity index (χ2n) is 4.19. The number of carbonyl (C=O) groups is 2. The number of hydrogen-bond acceptors (Lipinski definition) is 3. The molecule has 19 heavy (non-hydrogen) atoms. The Hall–Kier alpha value is -1.62. The number of pyridine rings is 1. The first-order valence-corrected chi connectivity index (χ1v) is 6.54. The average Bonchev–Trinajstić information content (AvgIpc) is 2.35. The Morgan fingerprint density at radius 2 is 2.16 bits per heavy atom. The van der Waals surface area contributed by atoms with Crippen LogP contribution in [0.4, 0.5) is 4.79 Å². The number of amides is 3. The molecule has 6 heteroatoms. The van der Waals surface area contributed by atoms with Crippen molar-refractivity contribution in [2.75, 3.05) is 6.54 Å². The summed E-state index contributed by atoms with van der Waals surface area (Å²) in [4.78, 5) is 29.1. The van der Waals surface area contributed by atoms with E-state index in [2.05, 4.69) is 10.3 Å². The Balaban J connectivity index is 2.68. The van der Waals surface area contributed by atoms with E-state index in [0.29, 0.717) is 13.1 Å². The van der Waals surface area contributed by atoms with Gasteiger partial charge in [0.1, 0.15) is 5.38 Å². The Morgan fingerprint density at radius 3 is 2.68 bits per heavy atom. The van der Waals surface area contributed by atoms with E-state index < -0.39 is 17.3 Å². The van der Waals surface area contributed by atoms with Gasteiger partial charge >= 0.3 is 6.03 Å². The molecule has 104 valence electrons. The molecular weight excluding hydrogens is 266 g/mol. The first-order chi connectivity index (χ1) is 8.93. The quantitative estimate of drug-likeness (QED) is 0.861. The number of urea groups is 1. The predicted octanol–water partition coefficient (Wildman–Crippen LogP) is 2.08. The Morgan fingerprint density at radius 1 is 1.47 bits per heavy atom. The van der Waals surface area contributed by atoms with Gasteiger partial charge in [-0.1, -0.05) is 6.07 Å². The fourth-order valence-corrected chi connectivity index (χ4v) is 1.55. The van der Waals surface area contributed by atoms with Crippen molar-refractivity contribution in [2.45, 2.75) is 32.7 Å². The zero-order valence-electron chi connectivity index (χ0n) is 11.3. The molecule has 0 saturated heterocycles. The van der Waals surface area contributed by atoms with E-state index in [1.165, 1.54) is 11.8 Å². The maximum atomic E-state index is 11.9. The zero-order valence-corrected chi connectivity index (χ0v) is 12.1. The third-order valence-corrected chi connectivity index (χ3v) is 2.76. The van der Waals surface area contributed by atoms with E-state index in [1.807, 2.05) is 32.0 Å². The van der Waals surface area contributed by atoms with Crippen LogP contribution in [0.3, 0.4) is 0 Å². The molecule has 0 spiro atoms. The molecule has 1 aromatic heterocycles. The molecule has 1 unspecified atom stereocenters. The van der Waals surface area contributed by atoms with Gasteiger partial charge < -0.3 is 4.90 Å². The lowest BCUT2D eigenvalue weighted by molar-refractivity contribution is -0.119. The fourth-order valence-electron chi connectivity index (χ4n) is 1.49. The number of imide groups is 1. The molecule has 1 heterocycles. The first kappa shape index (κ1) is 15.4. The molecule has 0 radical (unpaired) electrons. The largest absolute Gasteiger partial charge is 0.324 e. The number of hydrogen-bond donors (Lipinski definition) is 1. The topological polar surface area (TPSA) is 62.3 Å². The molecule has 3 amide bonds. The van der Waals surface area contributed by atoms with E-state index in [0.717, 1.165) is 11.4 Å². The Bertz CT molecular complexity index is 463. The summed E-state index contributed by atoms with van der Waals surface area (Å²) in [5.74, 6) is -0.498. The minimum atomic E-state index is -0.736. The minimum Gasteiger partial charge on any atom is -0.319 e. The van der Waals surface area contributed by atoms with Crippen molar-refractivity contribution in [3.05, 3.63) is 29.6 Å². The molecule has 0 bridgehead atoms. The second kappa shape index (κ2) is 7.09. The maximum Gasteiger partial charge on any atom is 0.324 e. The summed E-state index contributed by atoms with van der Waals surface area (Å²) in [7, 11) is 0. The van der Waals surface area contributed by atoms with Crippen LogP contribution in [0.1, 0.15) is 25.2 Å². The third-order valence-electron chi connectivity index (χ3n) is 2.56. The van der Waals surface area contributed by atoms with Crippen LogP contribution in [0, 0.1) is 6.92 Å². The zero-order chi connectivity index (χ0) is 14.4. The van der Waals surface area contributed by atoms with Crippen LogP contribution < -0.4 is 5.32 Å². The number of nitrogens with one attached hydrogen (secondary N) is 1. The number of aromatic nitrogens is 1. The molecule has 0 aliphatic carbocycles. The molecule has 1 N–H and O–H groups in total. The van der Waals surface area contributed by atoms with E-state index in [1.54, 1.807) is 0 Å². The van der Waals surface area contributed by atoms with E-state index in [9.17, 15) is 9.59 Å². The lowest BCUT2D eigenvalue weighted by Crippen LogP contribution is -2.44. The number of alkyl halides is 1. The normalized spacial score (nSPS) is 11.8. The fraction of sp³-hybridized carbons (Fsp3) is 0.462. The second-order valence-corrected chi connectivity index (χ2v) is 4.85. The molecule has 1 atom stereocenters. The van der Waals surface area contributed by atoms with Crippen LogP contribution in [0.25, 0.3) is 0 Å². The summed E-state index contributed by atoms with van der Waals surface area (Å²) in [5.41, 5.74) is 1.67. The molecule has 0 aromatic carbocycles. The van der Waals surface area contributed by atoms with Gasteiger partial charge in [0.2, 0.25) is 5.91 Å². The van der Waals surface area contributed by atoms with Gasteiger partial charge in [0.05, 0.1) is 12.2 Å². The highest BCUT2D eigenvalue weighted by atomic mass is 35.5. The summed E-state index contributed by atoms with van der Waals surface area (Å²) in [6, 6.07) is 5.16. The van der Waals surface area contributed by atoms with E-state index >= 15 is 0 Å². The molecule has 0 aliphatic rings. The molecule has 0 saturated carbocycles. The minimum absolute atomic E-state index is 0.355. The predicted molar refractivity (Wildman–Crippen MR) is 73.9 cm³/mol. The number of aryl methyl sites for hydroxylation is 1. The van der Waals surface area contributed by atoms with E-state index in [-0.39, 0.29) is 0 Å². The van der Waals surface area contributed by atoms with Gasteiger partial charge in [0.15, 0.2) is 0 Å². The van der Waals surface area contributed by atoms with Gasteiger partial charge in [-0.2, -0.15) is 0 Å². The number of halogens is 1. The molecular formula is C13H18ClN3O2. The lowest BCUT2D eigenvalue weighted by atomic mass is 10.3. The molecule has 5 nitrogen and oxygen atoms in total. The number of carbonyl (C=O) groups excluding carboxylic acids is 2. The summed E-state index contributed by atoms with van der Waals surface area (Å²) in [5, 5.41) is 1.52. The van der Waals surface area contributed by atoms with Gasteiger partial charge in [-0.05, 0) is 32.9 Å². The smallest absolute Gasteiger partial charge is 0.319 e. The standard InChI is InChI=1S/C13H18ClN3O2/c1-4-17(13(19)16-12(18)10(3)14)8-11-7-5-6-9(2)15-11/h5-7,10H,4,8H2,1-3H3,(H,16,18,19). The van der Waals surface area contributed by atoms with Crippen LogP contribution in [-0.2, 0) is 11.3 Å². The summed E-state index contributed by atoms with van der Waals surface area (Å²) < 4.78 is 0. The van der Waals surface area contributed by atoms with Crippen LogP contribution in [0.2, 0.25) is 0 Å². The maximum absolute atomic E-state index is 11.9. The first-order valence-electron chi connectivity index (χ1n) is 6.10. The summed E-state index contributed by atoms with van der Waals surface area (Å²) >= 11 is 5.61. The van der Waals surface area contributed by atoms with Crippen molar-refractivity contribution in [1.82, 2.24) is 15.2 Å². The van der Waals surface area contributed by atoms with Crippen LogP contribution in [0.15, 0.2) is 18.2 Å². The molecule has 0 fully saturated rings. The van der Waals surface area contributed by atoms with Gasteiger partial charge in [-0.15, -0.1) is 11.6 Å².